The van der Waals surface area contributed by atoms with Gasteiger partial charge in [0.25, 0.3) is 0 Å². The van der Waals surface area contributed by atoms with E-state index < -0.39 is 0 Å². The van der Waals surface area contributed by atoms with Crippen molar-refractivity contribution in [2.24, 2.45) is 0 Å². The molecule has 0 atom stereocenters. The molecular weight excluding hydrogens is 268 g/mol. The molecule has 0 unspecified atom stereocenters. The van der Waals surface area contributed by atoms with Crippen molar-refractivity contribution in [3.63, 3.8) is 0 Å². The minimum absolute atomic E-state index is 0.586. The molecule has 1 aliphatic rings. The molecular formula is C16H20N2O3. The van der Waals surface area contributed by atoms with Crippen LogP contribution in [0.25, 0.3) is 11.3 Å². The Kier molecular flexibility index (Phi) is 4.40. The Bertz CT molecular complexity index is 595. The van der Waals surface area contributed by atoms with Gasteiger partial charge in [0.2, 0.25) is 0 Å². The molecule has 0 amide bonds. The van der Waals surface area contributed by atoms with Crippen LogP contribution < -0.4 is 14.8 Å². The lowest BCUT2D eigenvalue weighted by Crippen LogP contribution is -2.15. The van der Waals surface area contributed by atoms with Gasteiger partial charge in [-0.3, -0.25) is 0 Å². The summed E-state index contributed by atoms with van der Waals surface area (Å²) in [6.07, 6.45) is 3.64. The minimum Gasteiger partial charge on any atom is -0.486 e. The molecule has 2 heterocycles. The van der Waals surface area contributed by atoms with E-state index in [1.165, 1.54) is 0 Å². The van der Waals surface area contributed by atoms with Gasteiger partial charge < -0.3 is 19.2 Å². The maximum Gasteiger partial charge on any atom is 0.194 e. The number of benzene rings is 1. The van der Waals surface area contributed by atoms with E-state index in [0.717, 1.165) is 54.6 Å². The van der Waals surface area contributed by atoms with E-state index in [9.17, 15) is 0 Å². The van der Waals surface area contributed by atoms with Crippen LogP contribution in [0.1, 0.15) is 19.2 Å². The van der Waals surface area contributed by atoms with Crippen molar-refractivity contribution in [3.05, 3.63) is 30.3 Å². The topological polar surface area (TPSA) is 56.5 Å². The summed E-state index contributed by atoms with van der Waals surface area (Å²) in [6, 6.07) is 5.82. The van der Waals surface area contributed by atoms with Crippen molar-refractivity contribution in [2.75, 3.05) is 26.3 Å². The fourth-order valence-corrected chi connectivity index (χ4v) is 2.30. The quantitative estimate of drug-likeness (QED) is 0.828. The van der Waals surface area contributed by atoms with E-state index in [0.29, 0.717) is 13.2 Å². The van der Waals surface area contributed by atoms with Crippen LogP contribution in [0.15, 0.2) is 28.8 Å². The van der Waals surface area contributed by atoms with Crippen LogP contribution in [0, 0.1) is 0 Å². The molecule has 1 aromatic carbocycles. The summed E-state index contributed by atoms with van der Waals surface area (Å²) in [5.41, 5.74) is 0.963. The van der Waals surface area contributed by atoms with Crippen LogP contribution in [0.5, 0.6) is 11.5 Å². The predicted molar refractivity (Wildman–Crippen MR) is 79.8 cm³/mol. The van der Waals surface area contributed by atoms with Gasteiger partial charge in [-0.05, 0) is 37.7 Å². The largest absolute Gasteiger partial charge is 0.486 e. The summed E-state index contributed by atoms with van der Waals surface area (Å²) in [5.74, 6) is 3.10. The summed E-state index contributed by atoms with van der Waals surface area (Å²) in [7, 11) is 0. The summed E-state index contributed by atoms with van der Waals surface area (Å²) in [4.78, 5) is 4.34. The van der Waals surface area contributed by atoms with Crippen LogP contribution in [0.2, 0.25) is 0 Å². The van der Waals surface area contributed by atoms with Crippen molar-refractivity contribution in [1.82, 2.24) is 10.3 Å². The molecule has 21 heavy (non-hydrogen) atoms. The van der Waals surface area contributed by atoms with Crippen molar-refractivity contribution >= 4 is 0 Å². The van der Waals surface area contributed by atoms with Crippen molar-refractivity contribution in [2.45, 2.75) is 19.8 Å². The van der Waals surface area contributed by atoms with E-state index in [1.807, 2.05) is 18.2 Å². The highest BCUT2D eigenvalue weighted by molar-refractivity contribution is 5.62. The third kappa shape index (κ3) is 3.36. The number of aryl methyl sites for hydroxylation is 1. The van der Waals surface area contributed by atoms with Gasteiger partial charge in [-0.2, -0.15) is 0 Å². The highest BCUT2D eigenvalue weighted by Gasteiger charge is 2.14. The van der Waals surface area contributed by atoms with Gasteiger partial charge in [0.1, 0.15) is 13.2 Å². The van der Waals surface area contributed by atoms with E-state index in [2.05, 4.69) is 17.2 Å². The average molecular weight is 288 g/mol. The molecule has 1 aromatic heterocycles. The van der Waals surface area contributed by atoms with Crippen LogP contribution >= 0.6 is 0 Å². The molecule has 1 aliphatic heterocycles. The van der Waals surface area contributed by atoms with Gasteiger partial charge in [-0.1, -0.05) is 6.92 Å². The fraction of sp³-hybridized carbons (Fsp3) is 0.438. The third-order valence-electron chi connectivity index (χ3n) is 3.37. The Morgan fingerprint density at radius 1 is 1.19 bits per heavy atom. The van der Waals surface area contributed by atoms with Gasteiger partial charge >= 0.3 is 0 Å². The molecule has 0 fully saturated rings. The zero-order chi connectivity index (χ0) is 14.5. The Hall–Kier alpha value is -2.01. The SMILES string of the molecule is CCNCCCc1ncc(-c2ccc3c(c2)OCCO3)o1. The first kappa shape index (κ1) is 13.9. The minimum atomic E-state index is 0.586. The normalized spacial score (nSPS) is 13.4. The Morgan fingerprint density at radius 2 is 2.05 bits per heavy atom. The van der Waals surface area contributed by atoms with Crippen LogP contribution in [0.3, 0.4) is 0 Å². The van der Waals surface area contributed by atoms with Gasteiger partial charge in [0.05, 0.1) is 6.20 Å². The molecule has 112 valence electrons. The first-order chi connectivity index (χ1) is 10.4. The smallest absolute Gasteiger partial charge is 0.194 e. The van der Waals surface area contributed by atoms with E-state index in [4.69, 9.17) is 13.9 Å². The number of oxazole rings is 1. The average Bonchev–Trinajstić information content (AvgIpc) is 3.00. The molecule has 0 radical (unpaired) electrons. The standard InChI is InChI=1S/C16H20N2O3/c1-2-17-7-3-4-16-18-11-15(21-16)12-5-6-13-14(10-12)20-9-8-19-13/h5-6,10-11,17H,2-4,7-9H2,1H3. The number of fused-ring (bicyclic) bond motifs is 1. The molecule has 5 nitrogen and oxygen atoms in total. The number of nitrogens with one attached hydrogen (secondary N) is 1. The number of ether oxygens (including phenoxy) is 2. The molecule has 0 saturated carbocycles. The summed E-state index contributed by atoms with van der Waals surface area (Å²) in [5, 5.41) is 3.29. The second-order valence-electron chi connectivity index (χ2n) is 4.93. The number of aromatic nitrogens is 1. The van der Waals surface area contributed by atoms with Gasteiger partial charge in [0, 0.05) is 12.0 Å². The van der Waals surface area contributed by atoms with Gasteiger partial charge in [-0.15, -0.1) is 0 Å². The summed E-state index contributed by atoms with van der Waals surface area (Å²) in [6.45, 7) is 5.27. The number of rotatable bonds is 6. The second-order valence-corrected chi connectivity index (χ2v) is 4.93. The molecule has 0 spiro atoms. The molecule has 3 rings (SSSR count). The van der Waals surface area contributed by atoms with Crippen LogP contribution in [-0.2, 0) is 6.42 Å². The lowest BCUT2D eigenvalue weighted by atomic mass is 10.1. The highest BCUT2D eigenvalue weighted by atomic mass is 16.6. The predicted octanol–water partition coefficient (Wildman–Crippen LogP) is 2.65. The Balaban J connectivity index is 1.68. The zero-order valence-electron chi connectivity index (χ0n) is 12.2. The highest BCUT2D eigenvalue weighted by Crippen LogP contribution is 2.34. The lowest BCUT2D eigenvalue weighted by molar-refractivity contribution is 0.171. The zero-order valence-corrected chi connectivity index (χ0v) is 12.2. The molecule has 0 bridgehead atoms. The van der Waals surface area contributed by atoms with Crippen LogP contribution in [0.4, 0.5) is 0 Å². The van der Waals surface area contributed by atoms with E-state index in [-0.39, 0.29) is 0 Å². The molecule has 1 N–H and O–H groups in total. The Labute approximate surface area is 124 Å². The summed E-state index contributed by atoms with van der Waals surface area (Å²) < 4.78 is 16.9. The van der Waals surface area contributed by atoms with E-state index >= 15 is 0 Å². The second kappa shape index (κ2) is 6.63. The number of hydrogen-bond acceptors (Lipinski definition) is 5. The molecule has 0 aliphatic carbocycles. The summed E-state index contributed by atoms with van der Waals surface area (Å²) >= 11 is 0. The molecule has 5 heteroatoms. The van der Waals surface area contributed by atoms with Crippen molar-refractivity contribution in [1.29, 1.82) is 0 Å². The van der Waals surface area contributed by atoms with Crippen LogP contribution in [-0.4, -0.2) is 31.3 Å². The molecule has 2 aromatic rings. The number of nitrogens with zero attached hydrogens (tertiary/aromatic N) is 1. The van der Waals surface area contributed by atoms with E-state index in [1.54, 1.807) is 6.20 Å². The monoisotopic (exact) mass is 288 g/mol. The first-order valence-electron chi connectivity index (χ1n) is 7.42. The Morgan fingerprint density at radius 3 is 2.90 bits per heavy atom. The first-order valence-corrected chi connectivity index (χ1v) is 7.42. The van der Waals surface area contributed by atoms with Crippen molar-refractivity contribution < 1.29 is 13.9 Å². The fourth-order valence-electron chi connectivity index (χ4n) is 2.30. The van der Waals surface area contributed by atoms with Gasteiger partial charge in [-0.25, -0.2) is 4.98 Å². The maximum absolute atomic E-state index is 5.81. The molecule has 0 saturated heterocycles. The maximum atomic E-state index is 5.81. The van der Waals surface area contributed by atoms with Crippen molar-refractivity contribution in [3.8, 4) is 22.8 Å². The number of hydrogen-bond donors (Lipinski definition) is 1. The van der Waals surface area contributed by atoms with Gasteiger partial charge in [0.15, 0.2) is 23.1 Å². The lowest BCUT2D eigenvalue weighted by Gasteiger charge is -2.18. The third-order valence-corrected chi connectivity index (χ3v) is 3.37.